The van der Waals surface area contributed by atoms with Gasteiger partial charge >= 0.3 is 11.9 Å². The normalized spacial score (nSPS) is 12.8. The molecule has 0 aliphatic rings. The minimum atomic E-state index is -0.775. The molecule has 1 unspecified atom stereocenters. The first-order valence-electron chi connectivity index (χ1n) is 38.4. The Hall–Kier alpha value is -3.44. The molecule has 0 aliphatic carbocycles. The van der Waals surface area contributed by atoms with Crippen molar-refractivity contribution in [2.45, 2.75) is 392 Å². The van der Waals surface area contributed by atoms with Gasteiger partial charge in [-0.15, -0.1) is 0 Å². The fourth-order valence-electron chi connectivity index (χ4n) is 11.4. The van der Waals surface area contributed by atoms with Crippen LogP contribution < -0.4 is 0 Å². The van der Waals surface area contributed by atoms with E-state index in [0.29, 0.717) is 12.8 Å². The Morgan fingerprint density at radius 2 is 0.455 bits per heavy atom. The Balaban J connectivity index is 3.40. The van der Waals surface area contributed by atoms with Crippen molar-refractivity contribution in [1.29, 1.82) is 0 Å². The molecule has 0 saturated carbocycles. The summed E-state index contributed by atoms with van der Waals surface area (Å²) in [5, 5.41) is 9.73. The van der Waals surface area contributed by atoms with Crippen LogP contribution in [0.5, 0.6) is 0 Å². The van der Waals surface area contributed by atoms with E-state index in [1.807, 2.05) is 0 Å². The zero-order chi connectivity index (χ0) is 63.3. The van der Waals surface area contributed by atoms with Crippen molar-refractivity contribution in [3.8, 4) is 0 Å². The van der Waals surface area contributed by atoms with Crippen molar-refractivity contribution in [1.82, 2.24) is 0 Å². The van der Waals surface area contributed by atoms with Crippen LogP contribution >= 0.6 is 0 Å². The molecule has 0 bridgehead atoms. The molecule has 0 saturated heterocycles. The highest BCUT2D eigenvalue weighted by molar-refractivity contribution is 5.70. The Morgan fingerprint density at radius 3 is 0.682 bits per heavy atom. The lowest BCUT2D eigenvalue weighted by Crippen LogP contribution is -2.28. The maximum atomic E-state index is 12.4. The minimum absolute atomic E-state index is 0.0630. The van der Waals surface area contributed by atoms with E-state index >= 15 is 0 Å². The second kappa shape index (κ2) is 77.8. The molecule has 0 amide bonds. The maximum Gasteiger partial charge on any atom is 0.306 e. The molecule has 0 fully saturated rings. The van der Waals surface area contributed by atoms with E-state index in [2.05, 4.69) is 123 Å². The first-order valence-corrected chi connectivity index (χ1v) is 38.4. The molecule has 508 valence electrons. The predicted octanol–water partition coefficient (Wildman–Crippen LogP) is 27.1. The van der Waals surface area contributed by atoms with Crippen LogP contribution in [0.1, 0.15) is 386 Å². The molecule has 0 heterocycles. The smallest absolute Gasteiger partial charge is 0.306 e. The van der Waals surface area contributed by atoms with E-state index in [-0.39, 0.29) is 25.2 Å². The number of aliphatic hydroxyl groups excluding tert-OH is 1. The van der Waals surface area contributed by atoms with Gasteiger partial charge in [-0.2, -0.15) is 0 Å². The van der Waals surface area contributed by atoms with Crippen molar-refractivity contribution >= 4 is 11.9 Å². The molecule has 0 aromatic rings. The molecule has 5 heteroatoms. The molecule has 5 nitrogen and oxygen atoms in total. The van der Waals surface area contributed by atoms with Crippen LogP contribution in [-0.4, -0.2) is 36.4 Å². The van der Waals surface area contributed by atoms with Crippen molar-refractivity contribution in [2.24, 2.45) is 0 Å². The van der Waals surface area contributed by atoms with Crippen molar-refractivity contribution in [3.05, 3.63) is 109 Å². The van der Waals surface area contributed by atoms with Crippen molar-refractivity contribution in [2.75, 3.05) is 13.2 Å². The van der Waals surface area contributed by atoms with Crippen molar-refractivity contribution < 1.29 is 24.2 Å². The van der Waals surface area contributed by atoms with Crippen LogP contribution in [0, 0.1) is 0 Å². The Labute approximate surface area is 548 Å². The molecule has 0 rings (SSSR count). The number of hydrogen-bond donors (Lipinski definition) is 1. The Bertz CT molecular complexity index is 1670. The largest absolute Gasteiger partial charge is 0.462 e. The second-order valence-electron chi connectivity index (χ2n) is 25.7. The highest BCUT2D eigenvalue weighted by Crippen LogP contribution is 2.19. The number of carbonyl (C=O) groups excluding carboxylic acids is 2. The predicted molar refractivity (Wildman–Crippen MR) is 389 cm³/mol. The monoisotopic (exact) mass is 1220 g/mol. The molecule has 1 N–H and O–H groups in total. The summed E-state index contributed by atoms with van der Waals surface area (Å²) in [5.74, 6) is -0.571. The van der Waals surface area contributed by atoms with Gasteiger partial charge in [0.2, 0.25) is 0 Å². The molecule has 0 aliphatic heterocycles. The molecular formula is C83H146O5. The van der Waals surface area contributed by atoms with Gasteiger partial charge in [-0.1, -0.05) is 386 Å². The third-order valence-electron chi connectivity index (χ3n) is 17.1. The fraction of sp³-hybridized carbons (Fsp3) is 0.759. The van der Waals surface area contributed by atoms with Crippen LogP contribution in [0.25, 0.3) is 0 Å². The topological polar surface area (TPSA) is 72.8 Å². The van der Waals surface area contributed by atoms with Crippen LogP contribution in [0.3, 0.4) is 0 Å². The lowest BCUT2D eigenvalue weighted by molar-refractivity contribution is -0.161. The number of unbranched alkanes of at least 4 members (excludes halogenated alkanes) is 45. The number of rotatable bonds is 71. The van der Waals surface area contributed by atoms with Gasteiger partial charge in [0.05, 0.1) is 6.61 Å². The summed E-state index contributed by atoms with van der Waals surface area (Å²) in [6.45, 7) is 3.96. The molecule has 88 heavy (non-hydrogen) atoms. The van der Waals surface area contributed by atoms with Crippen LogP contribution in [0.2, 0.25) is 0 Å². The molecule has 0 spiro atoms. The fourth-order valence-corrected chi connectivity index (χ4v) is 11.4. The first-order chi connectivity index (χ1) is 43.6. The van der Waals surface area contributed by atoms with Gasteiger partial charge in [0.25, 0.3) is 0 Å². The summed E-state index contributed by atoms with van der Waals surface area (Å²) >= 11 is 0. The average molecular weight is 1220 g/mol. The van der Waals surface area contributed by atoms with Crippen molar-refractivity contribution in [3.63, 3.8) is 0 Å². The Kier molecular flexibility index (Phi) is 74.8. The third-order valence-corrected chi connectivity index (χ3v) is 17.1. The van der Waals surface area contributed by atoms with Gasteiger partial charge in [0.1, 0.15) is 6.61 Å². The minimum Gasteiger partial charge on any atom is -0.462 e. The zero-order valence-corrected chi connectivity index (χ0v) is 58.5. The lowest BCUT2D eigenvalue weighted by Gasteiger charge is -2.15. The highest BCUT2D eigenvalue weighted by Gasteiger charge is 2.16. The number of ether oxygens (including phenoxy) is 2. The third kappa shape index (κ3) is 75.0. The molecular weight excluding hydrogens is 1080 g/mol. The first kappa shape index (κ1) is 84.6. The van der Waals surface area contributed by atoms with Gasteiger partial charge in [-0.3, -0.25) is 9.59 Å². The number of carbonyl (C=O) groups is 2. The average Bonchev–Trinajstić information content (AvgIpc) is 3.54. The van der Waals surface area contributed by atoms with Gasteiger partial charge in [0.15, 0.2) is 6.10 Å². The van der Waals surface area contributed by atoms with E-state index in [9.17, 15) is 14.7 Å². The van der Waals surface area contributed by atoms with E-state index < -0.39 is 6.10 Å². The Morgan fingerprint density at radius 1 is 0.261 bits per heavy atom. The second-order valence-corrected chi connectivity index (χ2v) is 25.7. The lowest BCUT2D eigenvalue weighted by atomic mass is 10.0. The molecule has 1 atom stereocenters. The maximum absolute atomic E-state index is 12.4. The number of esters is 2. The van der Waals surface area contributed by atoms with Crippen LogP contribution in [-0.2, 0) is 19.1 Å². The van der Waals surface area contributed by atoms with Crippen LogP contribution in [0.15, 0.2) is 109 Å². The summed E-state index contributed by atoms with van der Waals surface area (Å²) in [5.41, 5.74) is 0. The van der Waals surface area contributed by atoms with E-state index in [1.165, 1.54) is 263 Å². The van der Waals surface area contributed by atoms with E-state index in [0.717, 1.165) is 96.3 Å². The van der Waals surface area contributed by atoms with Gasteiger partial charge in [-0.05, 0) is 96.3 Å². The van der Waals surface area contributed by atoms with Gasteiger partial charge < -0.3 is 14.6 Å². The summed E-state index contributed by atoms with van der Waals surface area (Å²) < 4.78 is 10.8. The van der Waals surface area contributed by atoms with Gasteiger partial charge in [-0.25, -0.2) is 0 Å². The molecule has 0 radical (unpaired) electrons. The van der Waals surface area contributed by atoms with E-state index in [4.69, 9.17) is 9.47 Å². The number of hydrogen-bond acceptors (Lipinski definition) is 5. The summed E-state index contributed by atoms with van der Waals surface area (Å²) in [6.07, 6.45) is 113. The zero-order valence-electron chi connectivity index (χ0n) is 58.5. The van der Waals surface area contributed by atoms with Gasteiger partial charge in [0, 0.05) is 12.8 Å². The number of allylic oxidation sites excluding steroid dienone is 18. The molecule has 0 aromatic carbocycles. The molecule has 0 aromatic heterocycles. The quantitative estimate of drug-likeness (QED) is 0.0373. The highest BCUT2D eigenvalue weighted by atomic mass is 16.6. The SMILES string of the molecule is CC/C=C\C/C=C\C/C=C\C/C=C\C/C=C\CCCCCCCCCCCCCCCCCCCCCC(=O)OC(CO)COC(=O)CCCCCCCCCCCCCCCCCCCCCCCCCCCC/C=C\C/C=C\C/C=C\C/C=C\CC. The number of aliphatic hydroxyl groups is 1. The summed E-state index contributed by atoms with van der Waals surface area (Å²) in [4.78, 5) is 24.7. The standard InChI is InChI=1S/C83H146O5/c1-3-5-7-9-11-13-15-17-19-21-23-25-27-29-31-33-35-37-39-40-41-42-44-45-47-49-51-53-55-57-59-61-63-65-67-69-71-73-75-77-82(85)87-80-81(79-84)88-83(86)78-76-74-72-70-68-66-64-62-60-58-56-54-52-50-48-46-43-38-36-34-32-30-28-26-24-22-20-18-16-14-12-10-8-6-4-2/h5-8,11-14,17-20,23-26,30,32,81,84H,3-4,9-10,15-16,21-22,27-29,31,33-80H2,1-2H3/b7-5-,8-6-,13-11-,14-12-,19-17-,20-18-,25-23-,26-24-,32-30-. The summed E-state index contributed by atoms with van der Waals surface area (Å²) in [6, 6.07) is 0. The van der Waals surface area contributed by atoms with Crippen LogP contribution in [0.4, 0.5) is 0 Å². The van der Waals surface area contributed by atoms with E-state index in [1.54, 1.807) is 0 Å². The summed E-state index contributed by atoms with van der Waals surface area (Å²) in [7, 11) is 0.